The number of hydrogen-bond donors (Lipinski definition) is 2. The zero-order valence-corrected chi connectivity index (χ0v) is 14.0. The molecule has 4 aromatic rings. The van der Waals surface area contributed by atoms with Gasteiger partial charge in [0.15, 0.2) is 5.13 Å². The average Bonchev–Trinajstić information content (AvgIpc) is 3.08. The van der Waals surface area contributed by atoms with Crippen LogP contribution in [0.4, 0.5) is 11.1 Å². The van der Waals surface area contributed by atoms with Gasteiger partial charge in [-0.25, -0.2) is 14.8 Å². The van der Waals surface area contributed by atoms with Crippen molar-refractivity contribution >= 4 is 61.2 Å². The van der Waals surface area contributed by atoms with Crippen LogP contribution >= 0.6 is 22.9 Å². The molecule has 6 nitrogen and oxygen atoms in total. The smallest absolute Gasteiger partial charge is 0.335 e. The first-order chi connectivity index (χ1) is 11.5. The molecule has 0 fully saturated rings. The van der Waals surface area contributed by atoms with Gasteiger partial charge in [0.2, 0.25) is 5.95 Å². The molecule has 0 saturated carbocycles. The summed E-state index contributed by atoms with van der Waals surface area (Å²) in [4.78, 5) is 20.1. The molecular formula is C16H11ClN4O2S. The number of anilines is 2. The molecule has 120 valence electrons. The molecule has 0 amide bonds. The van der Waals surface area contributed by atoms with Gasteiger partial charge >= 0.3 is 5.97 Å². The molecule has 0 unspecified atom stereocenters. The summed E-state index contributed by atoms with van der Waals surface area (Å²) in [6, 6.07) is 10.4. The number of rotatable bonds is 3. The van der Waals surface area contributed by atoms with Crippen molar-refractivity contribution in [2.45, 2.75) is 0 Å². The van der Waals surface area contributed by atoms with E-state index < -0.39 is 5.97 Å². The van der Waals surface area contributed by atoms with E-state index >= 15 is 0 Å². The van der Waals surface area contributed by atoms with E-state index in [-0.39, 0.29) is 5.56 Å². The number of imidazole rings is 1. The number of thiazole rings is 1. The van der Waals surface area contributed by atoms with Crippen LogP contribution in [0.15, 0.2) is 36.4 Å². The van der Waals surface area contributed by atoms with Crippen LogP contribution in [0, 0.1) is 0 Å². The van der Waals surface area contributed by atoms with Crippen molar-refractivity contribution in [3.63, 3.8) is 0 Å². The van der Waals surface area contributed by atoms with Crippen molar-refractivity contribution < 1.29 is 9.90 Å². The van der Waals surface area contributed by atoms with Gasteiger partial charge in [-0.2, -0.15) is 0 Å². The predicted molar refractivity (Wildman–Crippen MR) is 95.6 cm³/mol. The summed E-state index contributed by atoms with van der Waals surface area (Å²) in [5.41, 5.74) is 2.52. The first-order valence-corrected chi connectivity index (χ1v) is 8.23. The average molecular weight is 359 g/mol. The third-order valence-corrected chi connectivity index (χ3v) is 4.87. The summed E-state index contributed by atoms with van der Waals surface area (Å²) < 4.78 is 2.84. The lowest BCUT2D eigenvalue weighted by Gasteiger charge is -2.02. The first kappa shape index (κ1) is 14.9. The minimum absolute atomic E-state index is 0.210. The fraction of sp³-hybridized carbons (Fsp3) is 0.0625. The Morgan fingerprint density at radius 2 is 2.04 bits per heavy atom. The summed E-state index contributed by atoms with van der Waals surface area (Å²) >= 11 is 7.48. The van der Waals surface area contributed by atoms with Crippen molar-refractivity contribution in [1.82, 2.24) is 14.5 Å². The van der Waals surface area contributed by atoms with Gasteiger partial charge in [-0.05, 0) is 36.4 Å². The Morgan fingerprint density at radius 1 is 1.21 bits per heavy atom. The van der Waals surface area contributed by atoms with E-state index in [0.717, 1.165) is 15.7 Å². The zero-order chi connectivity index (χ0) is 16.8. The second kappa shape index (κ2) is 5.47. The number of fused-ring (bicyclic) bond motifs is 2. The Labute approximate surface area is 145 Å². The summed E-state index contributed by atoms with van der Waals surface area (Å²) in [6.45, 7) is 0. The number of carboxylic acids is 1. The Balaban J connectivity index is 1.75. The first-order valence-electron chi connectivity index (χ1n) is 7.04. The molecule has 0 saturated heterocycles. The number of benzene rings is 2. The number of aromatic nitrogens is 3. The van der Waals surface area contributed by atoms with E-state index in [2.05, 4.69) is 15.3 Å². The van der Waals surface area contributed by atoms with Crippen molar-refractivity contribution in [3.8, 4) is 0 Å². The molecule has 8 heteroatoms. The molecule has 0 aliphatic carbocycles. The van der Waals surface area contributed by atoms with E-state index in [1.54, 1.807) is 24.3 Å². The van der Waals surface area contributed by atoms with Gasteiger partial charge in [0.25, 0.3) is 0 Å². The number of halogens is 1. The summed E-state index contributed by atoms with van der Waals surface area (Å²) in [6.07, 6.45) is 0. The molecule has 0 aliphatic heterocycles. The number of nitrogens with one attached hydrogen (secondary N) is 1. The van der Waals surface area contributed by atoms with Crippen molar-refractivity contribution in [1.29, 1.82) is 0 Å². The molecule has 0 bridgehead atoms. The van der Waals surface area contributed by atoms with Crippen LogP contribution < -0.4 is 5.32 Å². The standard InChI is InChI=1S/C16H11ClN4O2S/c1-21-12-5-2-8(14(22)23)6-11(12)18-15(21)20-16-19-10-4-3-9(17)7-13(10)24-16/h2-7H,1H3,(H,22,23)(H,18,19,20). The third-order valence-electron chi connectivity index (χ3n) is 3.70. The molecule has 2 N–H and O–H groups in total. The minimum atomic E-state index is -0.972. The van der Waals surface area contributed by atoms with Crippen LogP contribution in [-0.2, 0) is 7.05 Å². The molecule has 0 atom stereocenters. The van der Waals surface area contributed by atoms with Gasteiger partial charge in [0, 0.05) is 12.1 Å². The molecule has 2 aromatic carbocycles. The molecule has 0 aliphatic rings. The van der Waals surface area contributed by atoms with Crippen LogP contribution in [0.3, 0.4) is 0 Å². The number of nitrogens with zero attached hydrogens (tertiary/aromatic N) is 3. The fourth-order valence-electron chi connectivity index (χ4n) is 2.49. The predicted octanol–water partition coefficient (Wildman–Crippen LogP) is 4.28. The van der Waals surface area contributed by atoms with Crippen molar-refractivity contribution in [3.05, 3.63) is 47.0 Å². The maximum absolute atomic E-state index is 11.1. The fourth-order valence-corrected chi connectivity index (χ4v) is 3.63. The quantitative estimate of drug-likeness (QED) is 0.571. The highest BCUT2D eigenvalue weighted by Crippen LogP contribution is 2.30. The van der Waals surface area contributed by atoms with Crippen molar-refractivity contribution in [2.24, 2.45) is 7.05 Å². The van der Waals surface area contributed by atoms with E-state index in [1.165, 1.54) is 11.3 Å². The van der Waals surface area contributed by atoms with Crippen LogP contribution in [-0.4, -0.2) is 25.6 Å². The second-order valence-electron chi connectivity index (χ2n) is 5.26. The SMILES string of the molecule is Cn1c(Nc2nc3ccc(Cl)cc3s2)nc2cc(C(=O)O)ccc21. The van der Waals surface area contributed by atoms with E-state index in [4.69, 9.17) is 16.7 Å². The van der Waals surface area contributed by atoms with Gasteiger partial charge in [-0.15, -0.1) is 0 Å². The van der Waals surface area contributed by atoms with Crippen LogP contribution in [0.25, 0.3) is 21.3 Å². The van der Waals surface area contributed by atoms with Gasteiger partial charge in [-0.3, -0.25) is 0 Å². The Bertz CT molecular complexity index is 1100. The maximum Gasteiger partial charge on any atom is 0.335 e. The molecule has 0 radical (unpaired) electrons. The van der Waals surface area contributed by atoms with Crippen molar-refractivity contribution in [2.75, 3.05) is 5.32 Å². The van der Waals surface area contributed by atoms with E-state index in [1.807, 2.05) is 23.7 Å². The van der Waals surface area contributed by atoms with Crippen LogP contribution in [0.5, 0.6) is 0 Å². The highest BCUT2D eigenvalue weighted by molar-refractivity contribution is 7.22. The Kier molecular flexibility index (Phi) is 3.40. The molecule has 0 spiro atoms. The summed E-state index contributed by atoms with van der Waals surface area (Å²) in [5.74, 6) is -0.377. The van der Waals surface area contributed by atoms with Gasteiger partial charge in [-0.1, -0.05) is 22.9 Å². The largest absolute Gasteiger partial charge is 0.478 e. The van der Waals surface area contributed by atoms with Crippen LogP contribution in [0.2, 0.25) is 5.02 Å². The molecule has 2 heterocycles. The number of aryl methyl sites for hydroxylation is 1. The Hall–Kier alpha value is -2.64. The molecular weight excluding hydrogens is 348 g/mol. The molecule has 24 heavy (non-hydrogen) atoms. The van der Waals surface area contributed by atoms with E-state index in [0.29, 0.717) is 21.6 Å². The van der Waals surface area contributed by atoms with E-state index in [9.17, 15) is 4.79 Å². The highest BCUT2D eigenvalue weighted by Gasteiger charge is 2.13. The second-order valence-corrected chi connectivity index (χ2v) is 6.73. The Morgan fingerprint density at radius 3 is 2.83 bits per heavy atom. The zero-order valence-electron chi connectivity index (χ0n) is 12.4. The molecule has 2 aromatic heterocycles. The normalized spacial score (nSPS) is 11.2. The maximum atomic E-state index is 11.1. The third kappa shape index (κ3) is 2.47. The number of hydrogen-bond acceptors (Lipinski definition) is 5. The van der Waals surface area contributed by atoms with Gasteiger partial charge in [0.05, 0.1) is 26.8 Å². The summed E-state index contributed by atoms with van der Waals surface area (Å²) in [5, 5.41) is 13.6. The number of carbonyl (C=O) groups is 1. The minimum Gasteiger partial charge on any atom is -0.478 e. The highest BCUT2D eigenvalue weighted by atomic mass is 35.5. The summed E-state index contributed by atoms with van der Waals surface area (Å²) in [7, 11) is 1.86. The molecule has 4 rings (SSSR count). The lowest BCUT2D eigenvalue weighted by atomic mass is 10.2. The van der Waals surface area contributed by atoms with Gasteiger partial charge < -0.3 is 15.0 Å². The number of aromatic carboxylic acids is 1. The topological polar surface area (TPSA) is 80.0 Å². The van der Waals surface area contributed by atoms with Crippen LogP contribution in [0.1, 0.15) is 10.4 Å². The lowest BCUT2D eigenvalue weighted by molar-refractivity contribution is 0.0697. The van der Waals surface area contributed by atoms with Gasteiger partial charge in [0.1, 0.15) is 0 Å². The monoisotopic (exact) mass is 358 g/mol. The lowest BCUT2D eigenvalue weighted by Crippen LogP contribution is -1.98. The number of carboxylic acid groups (broad SMARTS) is 1.